The number of aryl methyl sites for hydroxylation is 1. The molecular formula is C25H43N3O3. The van der Waals surface area contributed by atoms with Crippen LogP contribution in [0.3, 0.4) is 0 Å². The van der Waals surface area contributed by atoms with Crippen LogP contribution in [-0.2, 0) is 21.4 Å². The second-order valence-corrected chi connectivity index (χ2v) is 9.07. The second-order valence-electron chi connectivity index (χ2n) is 9.07. The van der Waals surface area contributed by atoms with Crippen molar-refractivity contribution in [1.29, 1.82) is 10.8 Å². The zero-order valence-electron chi connectivity index (χ0n) is 20.4. The van der Waals surface area contributed by atoms with Gasteiger partial charge in [-0.05, 0) is 43.7 Å². The molecule has 0 atom stereocenters. The number of phenolic OH excluding ortho intramolecular Hbond substituents is 1. The van der Waals surface area contributed by atoms with E-state index in [-0.39, 0.29) is 17.1 Å². The molecule has 0 aromatic heterocycles. The van der Waals surface area contributed by atoms with Crippen molar-refractivity contribution in [3.63, 3.8) is 0 Å². The van der Waals surface area contributed by atoms with Crippen molar-refractivity contribution in [3.05, 3.63) is 23.3 Å². The van der Waals surface area contributed by atoms with Crippen molar-refractivity contribution in [2.24, 2.45) is 0 Å². The van der Waals surface area contributed by atoms with Crippen LogP contribution in [0.2, 0.25) is 0 Å². The number of nitrogen functional groups attached to an aromatic ring is 1. The molecule has 0 amide bonds. The molecule has 6 nitrogen and oxygen atoms in total. The molecule has 0 radical (unpaired) electrons. The minimum absolute atomic E-state index is 0.141. The number of carbonyl (C=O) groups excluding carboxylic acids is 1. The van der Waals surface area contributed by atoms with Crippen molar-refractivity contribution in [3.8, 4) is 5.75 Å². The smallest absolute Gasteiger partial charge is 0.306 e. The van der Waals surface area contributed by atoms with Crippen LogP contribution in [0.5, 0.6) is 5.75 Å². The lowest BCUT2D eigenvalue weighted by atomic mass is 9.84. The minimum atomic E-state index is -0.202. The Balaban J connectivity index is 0.00000131. The molecule has 0 heterocycles. The molecule has 1 aromatic rings. The van der Waals surface area contributed by atoms with Crippen LogP contribution in [0.1, 0.15) is 97.6 Å². The Hall–Kier alpha value is -2.37. The average Bonchev–Trinajstić information content (AvgIpc) is 2.67. The summed E-state index contributed by atoms with van der Waals surface area (Å²) in [4.78, 5) is 11.9. The molecule has 176 valence electrons. The summed E-state index contributed by atoms with van der Waals surface area (Å²) in [5, 5.41) is 23.6. The summed E-state index contributed by atoms with van der Waals surface area (Å²) in [6.07, 6.45) is 7.98. The molecule has 0 unspecified atom stereocenters. The Labute approximate surface area is 188 Å². The number of carbonyl (C=O) groups is 1. The Kier molecular flexibility index (Phi) is 13.5. The van der Waals surface area contributed by atoms with Crippen LogP contribution in [0.4, 0.5) is 5.69 Å². The summed E-state index contributed by atoms with van der Waals surface area (Å²) in [6.45, 7) is 12.0. The summed E-state index contributed by atoms with van der Waals surface area (Å²) >= 11 is 0. The highest BCUT2D eigenvalue weighted by molar-refractivity contribution is 6.37. The van der Waals surface area contributed by atoms with Crippen molar-refractivity contribution in [2.75, 3.05) is 12.3 Å². The zero-order chi connectivity index (χ0) is 24.0. The molecule has 0 saturated heterocycles. The van der Waals surface area contributed by atoms with Crippen molar-refractivity contribution >= 4 is 23.1 Å². The number of hydrogen-bond acceptors (Lipinski definition) is 6. The molecule has 5 N–H and O–H groups in total. The lowest BCUT2D eigenvalue weighted by Crippen LogP contribution is -2.13. The third-order valence-electron chi connectivity index (χ3n) is 4.95. The highest BCUT2D eigenvalue weighted by atomic mass is 16.5. The Morgan fingerprint density at radius 1 is 1.03 bits per heavy atom. The van der Waals surface area contributed by atoms with Gasteiger partial charge in [0.05, 0.1) is 12.3 Å². The topological polar surface area (TPSA) is 120 Å². The van der Waals surface area contributed by atoms with Gasteiger partial charge in [-0.25, -0.2) is 0 Å². The van der Waals surface area contributed by atoms with Crippen molar-refractivity contribution in [2.45, 2.75) is 98.3 Å². The molecular weight excluding hydrogens is 390 g/mol. The fourth-order valence-electron chi connectivity index (χ4n) is 2.82. The third-order valence-corrected chi connectivity index (χ3v) is 4.95. The van der Waals surface area contributed by atoms with Crippen LogP contribution in [-0.4, -0.2) is 29.1 Å². The molecule has 0 bridgehead atoms. The first-order valence-corrected chi connectivity index (χ1v) is 11.3. The minimum Gasteiger partial charge on any atom is -0.505 e. The van der Waals surface area contributed by atoms with Gasteiger partial charge in [-0.3, -0.25) is 4.79 Å². The SMILES string of the molecule is CC(=N)C(C)=N.CCCCCCCCOC(=O)CCc1cc(N)c(O)c(C(C)(C)C)c1. The van der Waals surface area contributed by atoms with Crippen molar-refractivity contribution in [1.82, 2.24) is 0 Å². The van der Waals surface area contributed by atoms with E-state index in [1.165, 1.54) is 25.7 Å². The molecule has 1 rings (SSSR count). The lowest BCUT2D eigenvalue weighted by Gasteiger charge is -2.22. The predicted octanol–water partition coefficient (Wildman–Crippen LogP) is 6.17. The third kappa shape index (κ3) is 12.8. The number of rotatable bonds is 11. The van der Waals surface area contributed by atoms with Gasteiger partial charge in [-0.1, -0.05) is 65.9 Å². The van der Waals surface area contributed by atoms with E-state index in [9.17, 15) is 9.90 Å². The van der Waals surface area contributed by atoms with Crippen LogP contribution < -0.4 is 5.73 Å². The Morgan fingerprint density at radius 2 is 1.58 bits per heavy atom. The van der Waals surface area contributed by atoms with Gasteiger partial charge in [0, 0.05) is 23.4 Å². The van der Waals surface area contributed by atoms with Gasteiger partial charge in [0.15, 0.2) is 0 Å². The Morgan fingerprint density at radius 3 is 2.10 bits per heavy atom. The van der Waals surface area contributed by atoms with Crippen LogP contribution >= 0.6 is 0 Å². The first-order chi connectivity index (χ1) is 14.4. The number of benzene rings is 1. The number of aromatic hydroxyl groups is 1. The van der Waals surface area contributed by atoms with Gasteiger partial charge in [0.2, 0.25) is 0 Å². The van der Waals surface area contributed by atoms with Gasteiger partial charge in [0.25, 0.3) is 0 Å². The lowest BCUT2D eigenvalue weighted by molar-refractivity contribution is -0.143. The van der Waals surface area contributed by atoms with E-state index in [4.69, 9.17) is 21.3 Å². The van der Waals surface area contributed by atoms with E-state index >= 15 is 0 Å². The summed E-state index contributed by atoms with van der Waals surface area (Å²) in [7, 11) is 0. The van der Waals surface area contributed by atoms with Crippen molar-refractivity contribution < 1.29 is 14.6 Å². The molecule has 31 heavy (non-hydrogen) atoms. The molecule has 0 aliphatic rings. The largest absolute Gasteiger partial charge is 0.505 e. The highest BCUT2D eigenvalue weighted by Crippen LogP contribution is 2.36. The molecule has 1 aromatic carbocycles. The average molecular weight is 434 g/mol. The fourth-order valence-corrected chi connectivity index (χ4v) is 2.82. The number of phenols is 1. The number of nitrogens with two attached hydrogens (primary N) is 1. The fraction of sp³-hybridized carbons (Fsp3) is 0.640. The zero-order valence-corrected chi connectivity index (χ0v) is 20.4. The number of hydrogen-bond donors (Lipinski definition) is 4. The van der Waals surface area contributed by atoms with E-state index < -0.39 is 0 Å². The van der Waals surface area contributed by atoms with E-state index in [0.29, 0.717) is 36.6 Å². The summed E-state index contributed by atoms with van der Waals surface area (Å²) in [6, 6.07) is 3.68. The van der Waals surface area contributed by atoms with Crippen LogP contribution in [0.25, 0.3) is 0 Å². The van der Waals surface area contributed by atoms with Crippen LogP contribution in [0.15, 0.2) is 12.1 Å². The molecule has 0 saturated carbocycles. The molecule has 0 fully saturated rings. The molecule has 0 spiro atoms. The number of ether oxygens (including phenoxy) is 1. The van der Waals surface area contributed by atoms with Gasteiger partial charge in [-0.2, -0.15) is 0 Å². The molecule has 0 aliphatic heterocycles. The van der Waals surface area contributed by atoms with E-state index in [2.05, 4.69) is 6.92 Å². The number of esters is 1. The first kappa shape index (κ1) is 28.6. The maximum atomic E-state index is 11.9. The summed E-state index contributed by atoms with van der Waals surface area (Å²) < 4.78 is 5.30. The quantitative estimate of drug-likeness (QED) is 0.110. The standard InChI is InChI=1S/C21H35NO3.C4H8N2/c1-5-6-7-8-9-10-13-25-19(23)12-11-16-14-17(21(2,3)4)20(24)18(22)15-16;1-3(5)4(2)6/h14-15,24H,5-13,22H2,1-4H3;5-6H,1-2H3. The van der Waals surface area contributed by atoms with Gasteiger partial charge < -0.3 is 26.4 Å². The highest BCUT2D eigenvalue weighted by Gasteiger charge is 2.20. The second kappa shape index (κ2) is 14.6. The number of nitrogens with one attached hydrogen (secondary N) is 2. The number of anilines is 1. The number of unbranched alkanes of at least 4 members (excludes halogenated alkanes) is 5. The first-order valence-electron chi connectivity index (χ1n) is 11.3. The van der Waals surface area contributed by atoms with Gasteiger partial charge in [-0.15, -0.1) is 0 Å². The maximum Gasteiger partial charge on any atom is 0.306 e. The van der Waals surface area contributed by atoms with Gasteiger partial charge >= 0.3 is 5.97 Å². The Bertz CT molecular complexity index is 709. The monoisotopic (exact) mass is 433 g/mol. The summed E-state index contributed by atoms with van der Waals surface area (Å²) in [5.74, 6) is -0.0283. The normalized spacial score (nSPS) is 10.8. The molecule has 6 heteroatoms. The van der Waals surface area contributed by atoms with Gasteiger partial charge in [0.1, 0.15) is 5.75 Å². The molecule has 0 aliphatic carbocycles. The van der Waals surface area contributed by atoms with E-state index in [1.807, 2.05) is 26.8 Å². The van der Waals surface area contributed by atoms with Crippen LogP contribution in [0, 0.1) is 10.8 Å². The predicted molar refractivity (Wildman–Crippen MR) is 131 cm³/mol. The maximum absolute atomic E-state index is 11.9. The summed E-state index contributed by atoms with van der Waals surface area (Å²) in [5.41, 5.74) is 8.52. The van der Waals surface area contributed by atoms with E-state index in [1.54, 1.807) is 19.9 Å². The van der Waals surface area contributed by atoms with E-state index in [0.717, 1.165) is 24.0 Å².